The third kappa shape index (κ3) is 9.39. The summed E-state index contributed by atoms with van der Waals surface area (Å²) in [5.41, 5.74) is 3.13. The van der Waals surface area contributed by atoms with Gasteiger partial charge < -0.3 is 10.4 Å². The van der Waals surface area contributed by atoms with E-state index in [2.05, 4.69) is 20.7 Å². The van der Waals surface area contributed by atoms with Crippen LogP contribution in [0.5, 0.6) is 0 Å². The molecule has 13 heteroatoms. The van der Waals surface area contributed by atoms with Crippen LogP contribution in [0.3, 0.4) is 0 Å². The van der Waals surface area contributed by atoms with Crippen LogP contribution in [0, 0.1) is 23.1 Å². The van der Waals surface area contributed by atoms with Crippen LogP contribution in [0.2, 0.25) is 0 Å². The third-order valence-corrected chi connectivity index (χ3v) is 3.15. The molecule has 1 aromatic carbocycles. The predicted octanol–water partition coefficient (Wildman–Crippen LogP) is 3.32. The third-order valence-electron chi connectivity index (χ3n) is 3.15. The van der Waals surface area contributed by atoms with E-state index >= 15 is 0 Å². The Morgan fingerprint density at radius 1 is 1.23 bits per heavy atom. The quantitative estimate of drug-likeness (QED) is 0.478. The highest BCUT2D eigenvalue weighted by molar-refractivity contribution is 5.90. The van der Waals surface area contributed by atoms with Gasteiger partial charge in [-0.1, -0.05) is 13.8 Å². The van der Waals surface area contributed by atoms with Crippen molar-refractivity contribution in [3.63, 3.8) is 0 Å². The Labute approximate surface area is 174 Å². The number of nitriles is 1. The van der Waals surface area contributed by atoms with E-state index in [1.807, 2.05) is 19.9 Å². The Kier molecular flexibility index (Phi) is 9.14. The molecule has 2 rings (SSSR count). The van der Waals surface area contributed by atoms with Crippen molar-refractivity contribution in [1.82, 2.24) is 15.4 Å². The van der Waals surface area contributed by atoms with Crippen molar-refractivity contribution in [3.05, 3.63) is 48.2 Å². The van der Waals surface area contributed by atoms with Gasteiger partial charge in [-0.05, 0) is 30.2 Å². The number of carboxylic acids is 1. The largest absolute Gasteiger partial charge is 0.490 e. The fourth-order valence-corrected chi connectivity index (χ4v) is 1.93. The molecule has 1 heterocycles. The van der Waals surface area contributed by atoms with Crippen LogP contribution in [-0.4, -0.2) is 39.8 Å². The molecule has 0 saturated heterocycles. The topological polar surface area (TPSA) is 131 Å². The van der Waals surface area contributed by atoms with Gasteiger partial charge in [-0.3, -0.25) is 5.01 Å². The number of rotatable bonds is 5. The van der Waals surface area contributed by atoms with Crippen LogP contribution in [0.4, 0.5) is 33.9 Å². The number of nitrogens with one attached hydrogen (secondary N) is 2. The summed E-state index contributed by atoms with van der Waals surface area (Å²) in [5, 5.41) is 20.2. The first-order valence-electron chi connectivity index (χ1n) is 8.56. The van der Waals surface area contributed by atoms with Crippen molar-refractivity contribution in [2.24, 2.45) is 5.92 Å². The van der Waals surface area contributed by atoms with Gasteiger partial charge >= 0.3 is 18.2 Å². The lowest BCUT2D eigenvalue weighted by molar-refractivity contribution is -0.192. The van der Waals surface area contributed by atoms with Crippen molar-refractivity contribution in [3.8, 4) is 6.07 Å². The van der Waals surface area contributed by atoms with Crippen LogP contribution in [-0.2, 0) is 4.79 Å². The first-order chi connectivity index (χ1) is 14.4. The summed E-state index contributed by atoms with van der Waals surface area (Å²) in [6.07, 6.45) is -3.63. The number of amides is 2. The lowest BCUT2D eigenvalue weighted by atomic mass is 10.2. The predicted molar refractivity (Wildman–Crippen MR) is 101 cm³/mol. The monoisotopic (exact) mass is 442 g/mol. The van der Waals surface area contributed by atoms with Gasteiger partial charge in [0.15, 0.2) is 5.82 Å². The summed E-state index contributed by atoms with van der Waals surface area (Å²) < 4.78 is 44.6. The number of anilines is 2. The second-order valence-electron chi connectivity index (χ2n) is 6.23. The Hall–Kier alpha value is -3.95. The standard InChI is InChI=1S/C16H17FN6O.C2HF3O2/c1-11(2)10-23(15-7-8-19-14(9-18)21-15)22-16(24)20-13-5-3-12(17)4-6-13;3-2(4,5)1(6)7/h3-8,11H,10H2,1-2H3,(H2,20,22,24);(H,6,7). The van der Waals surface area contributed by atoms with Crippen molar-refractivity contribution in [2.75, 3.05) is 16.9 Å². The molecule has 3 N–H and O–H groups in total. The molecule has 9 nitrogen and oxygen atoms in total. The fourth-order valence-electron chi connectivity index (χ4n) is 1.93. The molecule has 31 heavy (non-hydrogen) atoms. The highest BCUT2D eigenvalue weighted by Gasteiger charge is 2.38. The Morgan fingerprint density at radius 2 is 1.81 bits per heavy atom. The van der Waals surface area contributed by atoms with Crippen molar-refractivity contribution < 1.29 is 32.3 Å². The van der Waals surface area contributed by atoms with Gasteiger partial charge in [0.1, 0.15) is 11.9 Å². The van der Waals surface area contributed by atoms with Crippen molar-refractivity contribution >= 4 is 23.5 Å². The van der Waals surface area contributed by atoms with Crippen LogP contribution in [0.25, 0.3) is 0 Å². The molecular weight excluding hydrogens is 424 g/mol. The number of hydrogen-bond acceptors (Lipinski definition) is 6. The van der Waals surface area contributed by atoms with E-state index in [4.69, 9.17) is 15.2 Å². The lowest BCUT2D eigenvalue weighted by Gasteiger charge is -2.26. The second-order valence-corrected chi connectivity index (χ2v) is 6.23. The number of carboxylic acid groups (broad SMARTS) is 1. The van der Waals surface area contributed by atoms with E-state index in [1.54, 1.807) is 6.07 Å². The minimum atomic E-state index is -5.08. The van der Waals surface area contributed by atoms with E-state index in [-0.39, 0.29) is 17.6 Å². The molecule has 166 valence electrons. The molecule has 0 spiro atoms. The van der Waals surface area contributed by atoms with E-state index in [0.29, 0.717) is 18.1 Å². The molecule has 0 radical (unpaired) electrons. The summed E-state index contributed by atoms with van der Waals surface area (Å²) in [6.45, 7) is 4.45. The number of urea groups is 1. The average molecular weight is 442 g/mol. The SMILES string of the molecule is CC(C)CN(NC(=O)Nc1ccc(F)cc1)c1ccnc(C#N)n1.O=C(O)C(F)(F)F. The zero-order chi connectivity index (χ0) is 23.6. The normalized spacial score (nSPS) is 10.4. The fraction of sp³-hybridized carbons (Fsp3) is 0.278. The zero-order valence-electron chi connectivity index (χ0n) is 16.3. The molecule has 0 unspecified atom stereocenters. The molecule has 2 aromatic rings. The number of alkyl halides is 3. The molecule has 0 fully saturated rings. The number of halogens is 4. The van der Waals surface area contributed by atoms with Gasteiger partial charge in [0.2, 0.25) is 5.82 Å². The molecule has 0 aliphatic carbocycles. The maximum absolute atomic E-state index is 12.9. The van der Waals surface area contributed by atoms with Gasteiger partial charge in [-0.2, -0.15) is 23.4 Å². The Balaban J connectivity index is 0.000000592. The Bertz CT molecular complexity index is 929. The van der Waals surface area contributed by atoms with Gasteiger partial charge in [0.05, 0.1) is 0 Å². The van der Waals surface area contributed by atoms with Crippen molar-refractivity contribution in [2.45, 2.75) is 20.0 Å². The molecule has 1 aromatic heterocycles. The highest BCUT2D eigenvalue weighted by Crippen LogP contribution is 2.13. The van der Waals surface area contributed by atoms with Gasteiger partial charge in [-0.15, -0.1) is 0 Å². The molecule has 0 atom stereocenters. The number of carbonyl (C=O) groups excluding carboxylic acids is 1. The van der Waals surface area contributed by atoms with Gasteiger partial charge in [0.25, 0.3) is 0 Å². The van der Waals surface area contributed by atoms with Crippen LogP contribution in [0.1, 0.15) is 19.7 Å². The first kappa shape index (κ1) is 25.1. The second kappa shape index (κ2) is 11.3. The summed E-state index contributed by atoms with van der Waals surface area (Å²) in [7, 11) is 0. The number of carbonyl (C=O) groups is 2. The number of aromatic nitrogens is 2. The van der Waals surface area contributed by atoms with Crippen LogP contribution < -0.4 is 15.8 Å². The van der Waals surface area contributed by atoms with E-state index in [9.17, 15) is 22.4 Å². The molecule has 2 amide bonds. The smallest absolute Gasteiger partial charge is 0.475 e. The lowest BCUT2D eigenvalue weighted by Crippen LogP contribution is -2.46. The number of benzene rings is 1. The molecule has 0 bridgehead atoms. The Morgan fingerprint density at radius 3 is 2.29 bits per heavy atom. The van der Waals surface area contributed by atoms with Crippen LogP contribution >= 0.6 is 0 Å². The van der Waals surface area contributed by atoms with Gasteiger partial charge in [-0.25, -0.2) is 24.4 Å². The summed E-state index contributed by atoms with van der Waals surface area (Å²) in [5.74, 6) is -2.48. The summed E-state index contributed by atoms with van der Waals surface area (Å²) >= 11 is 0. The van der Waals surface area contributed by atoms with E-state index in [1.165, 1.54) is 35.5 Å². The minimum absolute atomic E-state index is 0.0157. The van der Waals surface area contributed by atoms with Crippen LogP contribution in [0.15, 0.2) is 36.5 Å². The maximum Gasteiger partial charge on any atom is 0.490 e. The summed E-state index contributed by atoms with van der Waals surface area (Å²) in [6, 6.07) is 8.39. The number of hydrogen-bond donors (Lipinski definition) is 3. The number of hydrazine groups is 1. The molecule has 0 aliphatic rings. The number of aliphatic carboxylic acids is 1. The summed E-state index contributed by atoms with van der Waals surface area (Å²) in [4.78, 5) is 28.9. The highest BCUT2D eigenvalue weighted by atomic mass is 19.4. The van der Waals surface area contributed by atoms with Gasteiger partial charge in [0, 0.05) is 24.5 Å². The average Bonchev–Trinajstić information content (AvgIpc) is 2.68. The minimum Gasteiger partial charge on any atom is -0.475 e. The maximum atomic E-state index is 12.9. The number of nitrogens with zero attached hydrogens (tertiary/aromatic N) is 4. The van der Waals surface area contributed by atoms with Crippen molar-refractivity contribution in [1.29, 1.82) is 5.26 Å². The zero-order valence-corrected chi connectivity index (χ0v) is 16.3. The molecule has 0 saturated carbocycles. The first-order valence-corrected chi connectivity index (χ1v) is 8.56. The van der Waals surface area contributed by atoms with E-state index in [0.717, 1.165) is 0 Å². The molecular formula is C18H18F4N6O3. The van der Waals surface area contributed by atoms with E-state index < -0.39 is 18.2 Å². The molecule has 0 aliphatic heterocycles.